The number of hydrazone groups is 1. The van der Waals surface area contributed by atoms with Crippen LogP contribution in [0.5, 0.6) is 17.2 Å². The van der Waals surface area contributed by atoms with E-state index in [9.17, 15) is 4.79 Å². The summed E-state index contributed by atoms with van der Waals surface area (Å²) in [6.07, 6.45) is 4.81. The van der Waals surface area contributed by atoms with E-state index in [1.165, 1.54) is 27.5 Å². The van der Waals surface area contributed by atoms with Crippen molar-refractivity contribution in [2.75, 3.05) is 21.3 Å². The van der Waals surface area contributed by atoms with Crippen molar-refractivity contribution >= 4 is 12.1 Å². The highest BCUT2D eigenvalue weighted by Crippen LogP contribution is 2.38. The number of amides is 1. The minimum atomic E-state index is -0.394. The van der Waals surface area contributed by atoms with Gasteiger partial charge in [-0.15, -0.1) is 0 Å². The van der Waals surface area contributed by atoms with Crippen LogP contribution in [0.15, 0.2) is 41.8 Å². The van der Waals surface area contributed by atoms with Gasteiger partial charge in [-0.25, -0.2) is 5.43 Å². The highest BCUT2D eigenvalue weighted by Gasteiger charge is 2.16. The van der Waals surface area contributed by atoms with Crippen molar-refractivity contribution in [3.63, 3.8) is 0 Å². The van der Waals surface area contributed by atoms with Crippen molar-refractivity contribution in [3.05, 3.63) is 47.8 Å². The third-order valence-electron chi connectivity index (χ3n) is 3.01. The van der Waals surface area contributed by atoms with Crippen molar-refractivity contribution in [2.24, 2.45) is 5.10 Å². The van der Waals surface area contributed by atoms with Gasteiger partial charge in [0.05, 0.1) is 27.5 Å². The molecule has 1 heterocycles. The molecule has 0 fully saturated rings. The van der Waals surface area contributed by atoms with Gasteiger partial charge in [0.2, 0.25) is 5.75 Å². The number of pyridine rings is 1. The van der Waals surface area contributed by atoms with E-state index < -0.39 is 5.91 Å². The van der Waals surface area contributed by atoms with Gasteiger partial charge in [0.15, 0.2) is 11.5 Å². The maximum atomic E-state index is 12.2. The number of ether oxygens (including phenoxy) is 3. The minimum absolute atomic E-state index is 0. The summed E-state index contributed by atoms with van der Waals surface area (Å²) in [5.74, 6) is 0.826. The number of aromatic nitrogens is 1. The SMILES string of the molecule is COc1cc(C(=O)NN=Cc2ccncc2)cc(OC)c1OC.O. The van der Waals surface area contributed by atoms with E-state index in [-0.39, 0.29) is 5.48 Å². The molecule has 0 radical (unpaired) electrons. The summed E-state index contributed by atoms with van der Waals surface area (Å²) in [4.78, 5) is 16.1. The van der Waals surface area contributed by atoms with Gasteiger partial charge < -0.3 is 19.7 Å². The summed E-state index contributed by atoms with van der Waals surface area (Å²) in [7, 11) is 4.47. The number of nitrogens with zero attached hydrogens (tertiary/aromatic N) is 2. The Bertz CT molecular complexity index is 679. The summed E-state index contributed by atoms with van der Waals surface area (Å²) in [5.41, 5.74) is 3.61. The predicted octanol–water partition coefficient (Wildman–Crippen LogP) is 1.05. The summed E-state index contributed by atoms with van der Waals surface area (Å²) in [6, 6.07) is 6.65. The van der Waals surface area contributed by atoms with E-state index in [1.807, 2.05) is 0 Å². The fourth-order valence-electron chi connectivity index (χ4n) is 1.89. The molecule has 2 rings (SSSR count). The molecule has 0 aliphatic rings. The topological polar surface area (TPSA) is 114 Å². The molecular formula is C16H19N3O5. The van der Waals surface area contributed by atoms with Crippen LogP contribution in [-0.4, -0.2) is 43.9 Å². The number of hydrogen-bond acceptors (Lipinski definition) is 6. The van der Waals surface area contributed by atoms with E-state index in [0.29, 0.717) is 22.8 Å². The summed E-state index contributed by atoms with van der Waals surface area (Å²) < 4.78 is 15.6. The van der Waals surface area contributed by atoms with Crippen molar-refractivity contribution in [2.45, 2.75) is 0 Å². The van der Waals surface area contributed by atoms with Crippen LogP contribution in [0.25, 0.3) is 0 Å². The van der Waals surface area contributed by atoms with Crippen LogP contribution >= 0.6 is 0 Å². The second kappa shape index (κ2) is 9.11. The van der Waals surface area contributed by atoms with Crippen LogP contribution in [0.2, 0.25) is 0 Å². The van der Waals surface area contributed by atoms with Crippen molar-refractivity contribution < 1.29 is 24.5 Å². The molecule has 8 heteroatoms. The second-order valence-electron chi connectivity index (χ2n) is 4.39. The molecule has 0 saturated heterocycles. The number of methoxy groups -OCH3 is 3. The van der Waals surface area contributed by atoms with E-state index >= 15 is 0 Å². The van der Waals surface area contributed by atoms with Gasteiger partial charge in [-0.3, -0.25) is 9.78 Å². The van der Waals surface area contributed by atoms with Gasteiger partial charge in [-0.2, -0.15) is 5.10 Å². The smallest absolute Gasteiger partial charge is 0.271 e. The van der Waals surface area contributed by atoms with Gasteiger partial charge in [0.1, 0.15) is 0 Å². The van der Waals surface area contributed by atoms with Crippen LogP contribution in [0.4, 0.5) is 0 Å². The Kier molecular flexibility index (Phi) is 7.18. The van der Waals surface area contributed by atoms with Crippen molar-refractivity contribution in [1.82, 2.24) is 10.4 Å². The Hall–Kier alpha value is -3.13. The third kappa shape index (κ3) is 4.43. The molecule has 1 amide bonds. The second-order valence-corrected chi connectivity index (χ2v) is 4.39. The summed E-state index contributed by atoms with van der Waals surface area (Å²) in [6.45, 7) is 0. The molecule has 0 spiro atoms. The molecule has 8 nitrogen and oxygen atoms in total. The van der Waals surface area contributed by atoms with Crippen LogP contribution in [0.1, 0.15) is 15.9 Å². The van der Waals surface area contributed by atoms with E-state index in [1.54, 1.807) is 36.7 Å². The van der Waals surface area contributed by atoms with E-state index in [2.05, 4.69) is 15.5 Å². The molecule has 128 valence electrons. The van der Waals surface area contributed by atoms with Crippen molar-refractivity contribution in [1.29, 1.82) is 0 Å². The first-order valence-electron chi connectivity index (χ1n) is 6.73. The lowest BCUT2D eigenvalue weighted by molar-refractivity contribution is 0.0954. The third-order valence-corrected chi connectivity index (χ3v) is 3.01. The molecule has 0 aliphatic carbocycles. The first-order valence-corrected chi connectivity index (χ1v) is 6.73. The largest absolute Gasteiger partial charge is 0.493 e. The van der Waals surface area contributed by atoms with Gasteiger partial charge >= 0.3 is 0 Å². The molecule has 3 N–H and O–H groups in total. The standard InChI is InChI=1S/C16H17N3O4.H2O/c1-21-13-8-12(9-14(22-2)15(13)23-3)16(20)19-18-10-11-4-6-17-7-5-11;/h4-10H,1-3H3,(H,19,20);1H2. The molecule has 0 aliphatic heterocycles. The maximum Gasteiger partial charge on any atom is 0.271 e. The molecule has 0 atom stereocenters. The Balaban J connectivity index is 0.00000288. The molecule has 0 saturated carbocycles. The average molecular weight is 333 g/mol. The molecular weight excluding hydrogens is 314 g/mol. The fourth-order valence-corrected chi connectivity index (χ4v) is 1.89. The van der Waals surface area contributed by atoms with Crippen LogP contribution in [-0.2, 0) is 0 Å². The number of benzene rings is 1. The van der Waals surface area contributed by atoms with E-state index in [4.69, 9.17) is 14.2 Å². The van der Waals surface area contributed by atoms with Crippen LogP contribution in [0, 0.1) is 0 Å². The Morgan fingerprint density at radius 2 is 1.67 bits per heavy atom. The first-order chi connectivity index (χ1) is 11.2. The summed E-state index contributed by atoms with van der Waals surface area (Å²) >= 11 is 0. The molecule has 1 aromatic heterocycles. The number of nitrogens with one attached hydrogen (secondary N) is 1. The van der Waals surface area contributed by atoms with Crippen LogP contribution < -0.4 is 19.6 Å². The monoisotopic (exact) mass is 333 g/mol. The lowest BCUT2D eigenvalue weighted by atomic mass is 10.1. The Morgan fingerprint density at radius 1 is 1.08 bits per heavy atom. The number of hydrogen-bond donors (Lipinski definition) is 1. The zero-order valence-electron chi connectivity index (χ0n) is 13.6. The van der Waals surface area contributed by atoms with Gasteiger partial charge in [-0.1, -0.05) is 0 Å². The van der Waals surface area contributed by atoms with Crippen LogP contribution in [0.3, 0.4) is 0 Å². The van der Waals surface area contributed by atoms with E-state index in [0.717, 1.165) is 5.56 Å². The molecule has 24 heavy (non-hydrogen) atoms. The van der Waals surface area contributed by atoms with Gasteiger partial charge in [0, 0.05) is 18.0 Å². The van der Waals surface area contributed by atoms with Crippen molar-refractivity contribution in [3.8, 4) is 17.2 Å². The molecule has 1 aromatic carbocycles. The zero-order chi connectivity index (χ0) is 16.7. The number of rotatable bonds is 6. The molecule has 0 bridgehead atoms. The Morgan fingerprint density at radius 3 is 2.17 bits per heavy atom. The quantitative estimate of drug-likeness (QED) is 0.627. The maximum absolute atomic E-state index is 12.2. The van der Waals surface area contributed by atoms with Gasteiger partial charge in [0.25, 0.3) is 5.91 Å². The zero-order valence-corrected chi connectivity index (χ0v) is 13.6. The first kappa shape index (κ1) is 18.9. The normalized spacial score (nSPS) is 9.96. The number of carbonyl (C=O) groups excluding carboxylic acids is 1. The molecule has 0 unspecified atom stereocenters. The highest BCUT2D eigenvalue weighted by molar-refractivity contribution is 5.96. The Labute approximate surface area is 139 Å². The average Bonchev–Trinajstić information content (AvgIpc) is 2.61. The lowest BCUT2D eigenvalue weighted by Gasteiger charge is -2.13. The molecule has 2 aromatic rings. The van der Waals surface area contributed by atoms with Gasteiger partial charge in [-0.05, 0) is 29.8 Å². The number of carbonyl (C=O) groups is 1. The fraction of sp³-hybridized carbons (Fsp3) is 0.188. The summed E-state index contributed by atoms with van der Waals surface area (Å²) in [5, 5.41) is 3.91. The highest BCUT2D eigenvalue weighted by atomic mass is 16.5. The minimum Gasteiger partial charge on any atom is -0.493 e. The predicted molar refractivity (Wildman–Crippen MR) is 89.0 cm³/mol. The lowest BCUT2D eigenvalue weighted by Crippen LogP contribution is -2.18.